The smallest absolute Gasteiger partial charge is 0.325 e. The van der Waals surface area contributed by atoms with E-state index >= 15 is 0 Å². The fourth-order valence-corrected chi connectivity index (χ4v) is 3.81. The second kappa shape index (κ2) is 13.2. The Morgan fingerprint density at radius 3 is 2.30 bits per heavy atom. The third-order valence-corrected chi connectivity index (χ3v) is 5.58. The lowest BCUT2D eigenvalue weighted by Crippen LogP contribution is -2.02. The van der Waals surface area contributed by atoms with Gasteiger partial charge in [-0.3, -0.25) is 4.57 Å². The topological polar surface area (TPSA) is 76.0 Å². The molecule has 0 aliphatic heterocycles. The Morgan fingerprint density at radius 1 is 0.963 bits per heavy atom. The molecule has 0 heterocycles. The minimum Gasteiger partial charge on any atom is -0.493 e. The van der Waals surface area contributed by atoms with Crippen molar-refractivity contribution in [2.24, 2.45) is 0 Å². The lowest BCUT2D eigenvalue weighted by molar-refractivity contribution is 0.282. The molecule has 0 bridgehead atoms. The third kappa shape index (κ3) is 10.8. The molecule has 0 fully saturated rings. The minimum absolute atomic E-state index is 0.0272. The number of hydrogen-bond donors (Lipinski definition) is 2. The average Bonchev–Trinajstić information content (AvgIpc) is 2.60. The van der Waals surface area contributed by atoms with E-state index in [0.717, 1.165) is 42.7 Å². The molecule has 0 aliphatic carbocycles. The van der Waals surface area contributed by atoms with E-state index < -0.39 is 7.60 Å². The van der Waals surface area contributed by atoms with Gasteiger partial charge in [0.05, 0.1) is 13.7 Å². The fraction of sp³-hybridized carbons (Fsp3) is 0.714. The quantitative estimate of drug-likeness (QED) is 0.295. The van der Waals surface area contributed by atoms with E-state index in [1.807, 2.05) is 13.0 Å². The molecule has 5 nitrogen and oxygen atoms in total. The highest BCUT2D eigenvalue weighted by Crippen LogP contribution is 2.36. The van der Waals surface area contributed by atoms with Gasteiger partial charge in [0.1, 0.15) is 0 Å². The van der Waals surface area contributed by atoms with E-state index in [4.69, 9.17) is 19.3 Å². The first-order valence-corrected chi connectivity index (χ1v) is 12.0. The van der Waals surface area contributed by atoms with Crippen molar-refractivity contribution < 1.29 is 23.8 Å². The van der Waals surface area contributed by atoms with Gasteiger partial charge in [0.2, 0.25) is 0 Å². The zero-order valence-corrected chi connectivity index (χ0v) is 18.1. The maximum atomic E-state index is 10.9. The number of unbranched alkanes of at least 4 members (excludes halogenated alkanes) is 7. The number of aryl methyl sites for hydroxylation is 2. The van der Waals surface area contributed by atoms with Gasteiger partial charge in [-0.2, -0.15) is 0 Å². The van der Waals surface area contributed by atoms with Crippen molar-refractivity contribution in [1.29, 1.82) is 0 Å². The second-order valence-electron chi connectivity index (χ2n) is 7.26. The van der Waals surface area contributed by atoms with Gasteiger partial charge in [-0.05, 0) is 49.8 Å². The molecule has 0 aromatic heterocycles. The Bertz CT molecular complexity index is 582. The van der Waals surface area contributed by atoms with E-state index in [9.17, 15) is 4.57 Å². The molecule has 2 N–H and O–H groups in total. The average molecular weight is 400 g/mol. The van der Waals surface area contributed by atoms with Crippen molar-refractivity contribution in [3.05, 3.63) is 23.3 Å². The normalized spacial score (nSPS) is 11.6. The van der Waals surface area contributed by atoms with Crippen LogP contribution in [0.3, 0.4) is 0 Å². The number of ether oxygens (including phenoxy) is 2. The second-order valence-corrected chi connectivity index (χ2v) is 9.04. The first-order valence-electron chi connectivity index (χ1n) is 10.2. The summed E-state index contributed by atoms with van der Waals surface area (Å²) in [5.74, 6) is 1.60. The van der Waals surface area contributed by atoms with Crippen LogP contribution in [0.15, 0.2) is 12.1 Å². The van der Waals surface area contributed by atoms with Crippen LogP contribution in [0.4, 0.5) is 0 Å². The molecule has 0 atom stereocenters. The van der Waals surface area contributed by atoms with Crippen LogP contribution in [0.1, 0.15) is 75.8 Å². The van der Waals surface area contributed by atoms with E-state index in [-0.39, 0.29) is 6.16 Å². The summed E-state index contributed by atoms with van der Waals surface area (Å²) in [5, 5.41) is 0. The van der Waals surface area contributed by atoms with E-state index in [2.05, 4.69) is 13.0 Å². The summed E-state index contributed by atoms with van der Waals surface area (Å²) in [6.07, 6.45) is 10.5. The summed E-state index contributed by atoms with van der Waals surface area (Å²) in [6.45, 7) is 4.98. The standard InChI is InChI=1S/C21H37O5P/c1-4-5-6-7-8-11-14-26-21-18(2)16-19(17-20(21)25-3)13-10-9-12-15-27(22,23)24/h16-17H,4-15H2,1-3H3,(H2,22,23,24). The number of hydrogen-bond acceptors (Lipinski definition) is 3. The lowest BCUT2D eigenvalue weighted by atomic mass is 10.0. The summed E-state index contributed by atoms with van der Waals surface area (Å²) in [7, 11) is -2.20. The minimum atomic E-state index is -3.86. The van der Waals surface area contributed by atoms with Crippen molar-refractivity contribution in [2.45, 2.75) is 78.1 Å². The number of rotatable bonds is 15. The molecule has 0 radical (unpaired) electrons. The summed E-state index contributed by atoms with van der Waals surface area (Å²) >= 11 is 0. The molecule has 6 heteroatoms. The van der Waals surface area contributed by atoms with Gasteiger partial charge in [-0.25, -0.2) is 0 Å². The predicted octanol–water partition coefficient (Wildman–Crippen LogP) is 5.63. The molecule has 0 saturated carbocycles. The maximum absolute atomic E-state index is 10.9. The van der Waals surface area contributed by atoms with Gasteiger partial charge in [-0.15, -0.1) is 0 Å². The first kappa shape index (κ1) is 24.0. The van der Waals surface area contributed by atoms with E-state index in [1.165, 1.54) is 37.7 Å². The first-order chi connectivity index (χ1) is 12.9. The molecule has 0 unspecified atom stereocenters. The van der Waals surface area contributed by atoms with Gasteiger partial charge in [-0.1, -0.05) is 51.5 Å². The zero-order valence-electron chi connectivity index (χ0n) is 17.2. The van der Waals surface area contributed by atoms with Crippen molar-refractivity contribution in [1.82, 2.24) is 0 Å². The highest BCUT2D eigenvalue weighted by atomic mass is 31.2. The van der Waals surface area contributed by atoms with Crippen molar-refractivity contribution >= 4 is 7.60 Å². The van der Waals surface area contributed by atoms with Crippen LogP contribution < -0.4 is 9.47 Å². The molecule has 0 spiro atoms. The molecule has 1 aromatic rings. The van der Waals surface area contributed by atoms with Gasteiger partial charge in [0.15, 0.2) is 11.5 Å². The third-order valence-electron chi connectivity index (χ3n) is 4.68. The SMILES string of the molecule is CCCCCCCCOc1c(C)cc(CCCCCP(=O)(O)O)cc1OC. The molecule has 27 heavy (non-hydrogen) atoms. The molecule has 0 amide bonds. The Morgan fingerprint density at radius 2 is 1.63 bits per heavy atom. The fourth-order valence-electron chi connectivity index (χ4n) is 3.17. The van der Waals surface area contributed by atoms with Gasteiger partial charge < -0.3 is 19.3 Å². The summed E-state index contributed by atoms with van der Waals surface area (Å²) in [6, 6.07) is 4.15. The monoisotopic (exact) mass is 400 g/mol. The van der Waals surface area contributed by atoms with Crippen LogP contribution in [0.5, 0.6) is 11.5 Å². The van der Waals surface area contributed by atoms with Crippen molar-refractivity contribution in [3.8, 4) is 11.5 Å². The summed E-state index contributed by atoms with van der Waals surface area (Å²) in [4.78, 5) is 17.8. The maximum Gasteiger partial charge on any atom is 0.325 e. The van der Waals surface area contributed by atoms with E-state index in [1.54, 1.807) is 7.11 Å². The number of benzene rings is 1. The van der Waals surface area contributed by atoms with Gasteiger partial charge in [0, 0.05) is 6.16 Å². The summed E-state index contributed by atoms with van der Waals surface area (Å²) in [5.41, 5.74) is 2.25. The highest BCUT2D eigenvalue weighted by molar-refractivity contribution is 7.51. The van der Waals surface area contributed by atoms with Crippen LogP contribution in [-0.2, 0) is 11.0 Å². The summed E-state index contributed by atoms with van der Waals surface area (Å²) < 4.78 is 22.4. The van der Waals surface area contributed by atoms with Crippen LogP contribution in [0, 0.1) is 6.92 Å². The van der Waals surface area contributed by atoms with Crippen molar-refractivity contribution in [2.75, 3.05) is 19.9 Å². The highest BCUT2D eigenvalue weighted by Gasteiger charge is 2.12. The molecule has 1 rings (SSSR count). The van der Waals surface area contributed by atoms with Gasteiger partial charge >= 0.3 is 7.60 Å². The van der Waals surface area contributed by atoms with Gasteiger partial charge in [0.25, 0.3) is 0 Å². The Labute approximate surface area is 164 Å². The zero-order chi connectivity index (χ0) is 20.1. The number of methoxy groups -OCH3 is 1. The molecule has 1 aromatic carbocycles. The molecular formula is C21H37O5P. The van der Waals surface area contributed by atoms with Crippen LogP contribution in [0.25, 0.3) is 0 Å². The Hall–Kier alpha value is -1.03. The lowest BCUT2D eigenvalue weighted by Gasteiger charge is -2.15. The predicted molar refractivity (Wildman–Crippen MR) is 111 cm³/mol. The van der Waals surface area contributed by atoms with Crippen molar-refractivity contribution in [3.63, 3.8) is 0 Å². The Kier molecular flexibility index (Phi) is 11.7. The van der Waals surface area contributed by atoms with Crippen LogP contribution in [-0.4, -0.2) is 29.7 Å². The molecular weight excluding hydrogens is 363 g/mol. The molecule has 0 aliphatic rings. The Balaban J connectivity index is 2.44. The largest absolute Gasteiger partial charge is 0.493 e. The molecule has 156 valence electrons. The van der Waals surface area contributed by atoms with Crippen LogP contribution in [0.2, 0.25) is 0 Å². The van der Waals surface area contributed by atoms with E-state index in [0.29, 0.717) is 13.0 Å². The molecule has 0 saturated heterocycles. The van der Waals surface area contributed by atoms with Crippen LogP contribution >= 0.6 is 7.60 Å².